The Bertz CT molecular complexity index is 1230. The Labute approximate surface area is 187 Å². The first-order valence-corrected chi connectivity index (χ1v) is 10.9. The third-order valence-electron chi connectivity index (χ3n) is 5.31. The van der Waals surface area contributed by atoms with Gasteiger partial charge in [-0.3, -0.25) is 9.36 Å². The maximum absolute atomic E-state index is 13.2. The molecule has 5 heteroatoms. The monoisotopic (exact) mass is 432 g/mol. The van der Waals surface area contributed by atoms with Crippen LogP contribution < -0.4 is 10.3 Å². The molecule has 0 aliphatic heterocycles. The van der Waals surface area contributed by atoms with Crippen LogP contribution in [0.25, 0.3) is 22.3 Å². The van der Waals surface area contributed by atoms with Crippen molar-refractivity contribution in [2.24, 2.45) is 0 Å². The van der Waals surface area contributed by atoms with Gasteiger partial charge in [-0.15, -0.1) is 0 Å². The maximum atomic E-state index is 13.2. The summed E-state index contributed by atoms with van der Waals surface area (Å²) in [7, 11) is 0. The lowest BCUT2D eigenvalue weighted by Crippen LogP contribution is -2.24. The van der Waals surface area contributed by atoms with Gasteiger partial charge in [-0.25, -0.2) is 4.98 Å². The second-order valence-electron chi connectivity index (χ2n) is 7.84. The highest BCUT2D eigenvalue weighted by Crippen LogP contribution is 2.22. The summed E-state index contributed by atoms with van der Waals surface area (Å²) in [6.45, 7) is 5.37. The second kappa shape index (κ2) is 9.36. The van der Waals surface area contributed by atoms with Crippen LogP contribution in [-0.2, 0) is 6.54 Å². The number of nitrogens with zero attached hydrogens (tertiary/aromatic N) is 2. The van der Waals surface area contributed by atoms with Gasteiger partial charge < -0.3 is 4.74 Å². The van der Waals surface area contributed by atoms with Crippen LogP contribution in [0.3, 0.4) is 0 Å². The first-order chi connectivity index (χ1) is 15.0. The third-order valence-corrected chi connectivity index (χ3v) is 5.56. The van der Waals surface area contributed by atoms with Crippen molar-refractivity contribution in [2.75, 3.05) is 6.61 Å². The maximum Gasteiger partial charge on any atom is 0.261 e. The summed E-state index contributed by atoms with van der Waals surface area (Å²) in [5.74, 6) is 1.97. The average Bonchev–Trinajstić information content (AvgIpc) is 2.78. The molecule has 0 N–H and O–H groups in total. The average molecular weight is 433 g/mol. The van der Waals surface area contributed by atoms with Gasteiger partial charge in [0.05, 0.1) is 17.5 Å². The van der Waals surface area contributed by atoms with E-state index in [4.69, 9.17) is 21.3 Å². The Balaban J connectivity index is 1.56. The van der Waals surface area contributed by atoms with Gasteiger partial charge in [-0.2, -0.15) is 0 Å². The van der Waals surface area contributed by atoms with E-state index >= 15 is 0 Å². The van der Waals surface area contributed by atoms with Crippen molar-refractivity contribution in [3.8, 4) is 17.1 Å². The molecule has 4 aromatic rings. The summed E-state index contributed by atoms with van der Waals surface area (Å²) >= 11 is 6.05. The van der Waals surface area contributed by atoms with Crippen LogP contribution in [0.5, 0.6) is 5.75 Å². The highest BCUT2D eigenvalue weighted by molar-refractivity contribution is 6.30. The molecule has 1 aromatic heterocycles. The standard InChI is InChI=1S/C26H25ClN2O2/c1-18(2)19-10-14-22(15-11-19)31-17-5-16-29-25(20-8-12-21(27)13-9-20)28-24-7-4-3-6-23(24)26(29)30/h3-4,6-15,18H,5,16-17H2,1-2H3. The van der Waals surface area contributed by atoms with E-state index in [0.717, 1.165) is 11.3 Å². The predicted molar refractivity (Wildman–Crippen MR) is 127 cm³/mol. The van der Waals surface area contributed by atoms with E-state index in [9.17, 15) is 4.79 Å². The predicted octanol–water partition coefficient (Wildman–Crippen LogP) is 6.31. The Kier molecular flexibility index (Phi) is 6.38. The van der Waals surface area contributed by atoms with Crippen LogP contribution in [0.1, 0.15) is 31.7 Å². The number of para-hydroxylation sites is 1. The Morgan fingerprint density at radius 2 is 1.68 bits per heavy atom. The minimum Gasteiger partial charge on any atom is -0.494 e. The molecule has 0 saturated carbocycles. The van der Waals surface area contributed by atoms with Crippen LogP contribution in [0, 0.1) is 0 Å². The highest BCUT2D eigenvalue weighted by atomic mass is 35.5. The molecule has 0 atom stereocenters. The topological polar surface area (TPSA) is 44.1 Å². The van der Waals surface area contributed by atoms with Gasteiger partial charge in [-0.1, -0.05) is 49.7 Å². The Hall–Kier alpha value is -3.11. The molecule has 0 aliphatic rings. The second-order valence-corrected chi connectivity index (χ2v) is 8.28. The lowest BCUT2D eigenvalue weighted by atomic mass is 10.0. The Morgan fingerprint density at radius 1 is 0.968 bits per heavy atom. The molecule has 0 radical (unpaired) electrons. The number of rotatable bonds is 7. The third kappa shape index (κ3) is 4.80. The summed E-state index contributed by atoms with van der Waals surface area (Å²) in [5.41, 5.74) is 2.79. The van der Waals surface area contributed by atoms with Crippen LogP contribution >= 0.6 is 11.6 Å². The number of fused-ring (bicyclic) bond motifs is 1. The number of benzene rings is 3. The first-order valence-electron chi connectivity index (χ1n) is 10.5. The molecule has 3 aromatic carbocycles. The normalized spacial score (nSPS) is 11.2. The van der Waals surface area contributed by atoms with Crippen molar-refractivity contribution in [2.45, 2.75) is 32.7 Å². The number of aromatic nitrogens is 2. The van der Waals surface area contributed by atoms with Crippen molar-refractivity contribution in [1.29, 1.82) is 0 Å². The fourth-order valence-corrected chi connectivity index (χ4v) is 3.68. The molecular weight excluding hydrogens is 408 g/mol. The molecule has 4 rings (SSSR count). The molecule has 0 fully saturated rings. The zero-order valence-electron chi connectivity index (χ0n) is 17.7. The largest absolute Gasteiger partial charge is 0.494 e. The van der Waals surface area contributed by atoms with Gasteiger partial charge in [0, 0.05) is 17.1 Å². The number of hydrogen-bond acceptors (Lipinski definition) is 3. The van der Waals surface area contributed by atoms with Crippen molar-refractivity contribution >= 4 is 22.5 Å². The van der Waals surface area contributed by atoms with E-state index in [0.29, 0.717) is 47.2 Å². The van der Waals surface area contributed by atoms with E-state index in [1.807, 2.05) is 60.7 Å². The fourth-order valence-electron chi connectivity index (χ4n) is 3.56. The van der Waals surface area contributed by atoms with Gasteiger partial charge in [-0.05, 0) is 66.4 Å². The van der Waals surface area contributed by atoms with E-state index in [1.165, 1.54) is 5.56 Å². The van der Waals surface area contributed by atoms with E-state index in [2.05, 4.69) is 26.0 Å². The molecule has 0 unspecified atom stereocenters. The van der Waals surface area contributed by atoms with E-state index < -0.39 is 0 Å². The molecule has 0 amide bonds. The lowest BCUT2D eigenvalue weighted by molar-refractivity contribution is 0.301. The molecule has 0 spiro atoms. The van der Waals surface area contributed by atoms with E-state index in [-0.39, 0.29) is 5.56 Å². The zero-order valence-corrected chi connectivity index (χ0v) is 18.5. The molecule has 0 saturated heterocycles. The number of ether oxygens (including phenoxy) is 1. The Morgan fingerprint density at radius 3 is 2.39 bits per heavy atom. The molecule has 1 heterocycles. The quantitative estimate of drug-likeness (QED) is 0.321. The van der Waals surface area contributed by atoms with Gasteiger partial charge in [0.25, 0.3) is 5.56 Å². The van der Waals surface area contributed by atoms with Crippen molar-refractivity contribution in [3.05, 3.63) is 93.7 Å². The summed E-state index contributed by atoms with van der Waals surface area (Å²) in [6.07, 6.45) is 0.687. The van der Waals surface area contributed by atoms with Crippen molar-refractivity contribution in [1.82, 2.24) is 9.55 Å². The van der Waals surface area contributed by atoms with Gasteiger partial charge in [0.15, 0.2) is 0 Å². The van der Waals surface area contributed by atoms with Gasteiger partial charge >= 0.3 is 0 Å². The molecule has 4 nitrogen and oxygen atoms in total. The van der Waals surface area contributed by atoms with Crippen LogP contribution in [0.4, 0.5) is 0 Å². The van der Waals surface area contributed by atoms with Gasteiger partial charge in [0.1, 0.15) is 11.6 Å². The fraction of sp³-hybridized carbons (Fsp3) is 0.231. The highest BCUT2D eigenvalue weighted by Gasteiger charge is 2.12. The van der Waals surface area contributed by atoms with Crippen LogP contribution in [0.2, 0.25) is 5.02 Å². The number of hydrogen-bond donors (Lipinski definition) is 0. The SMILES string of the molecule is CC(C)c1ccc(OCCCn2c(-c3ccc(Cl)cc3)nc3ccccc3c2=O)cc1. The smallest absolute Gasteiger partial charge is 0.261 e. The molecule has 31 heavy (non-hydrogen) atoms. The molecule has 158 valence electrons. The lowest BCUT2D eigenvalue weighted by Gasteiger charge is -2.14. The summed E-state index contributed by atoms with van der Waals surface area (Å²) < 4.78 is 7.63. The molecule has 0 bridgehead atoms. The summed E-state index contributed by atoms with van der Waals surface area (Å²) in [4.78, 5) is 18.0. The number of halogens is 1. The van der Waals surface area contributed by atoms with Crippen LogP contribution in [-0.4, -0.2) is 16.2 Å². The van der Waals surface area contributed by atoms with E-state index in [1.54, 1.807) is 4.57 Å². The summed E-state index contributed by atoms with van der Waals surface area (Å²) in [6, 6.07) is 23.0. The molecule has 0 aliphatic carbocycles. The van der Waals surface area contributed by atoms with Crippen molar-refractivity contribution < 1.29 is 4.74 Å². The summed E-state index contributed by atoms with van der Waals surface area (Å²) in [5, 5.41) is 1.26. The molecular formula is C26H25ClN2O2. The van der Waals surface area contributed by atoms with Crippen molar-refractivity contribution in [3.63, 3.8) is 0 Å². The van der Waals surface area contributed by atoms with Gasteiger partial charge in [0.2, 0.25) is 0 Å². The minimum absolute atomic E-state index is 0.0446. The van der Waals surface area contributed by atoms with Crippen LogP contribution in [0.15, 0.2) is 77.6 Å². The minimum atomic E-state index is -0.0446. The first kappa shape index (κ1) is 21.1. The zero-order chi connectivity index (χ0) is 21.8.